The first-order valence-electron chi connectivity index (χ1n) is 9.12. The molecule has 0 saturated heterocycles. The van der Waals surface area contributed by atoms with Crippen molar-refractivity contribution in [2.45, 2.75) is 58.1 Å². The van der Waals surface area contributed by atoms with E-state index in [0.29, 0.717) is 11.8 Å². The number of rotatable bonds is 4. The number of nitrogens with zero attached hydrogens (tertiary/aromatic N) is 2. The van der Waals surface area contributed by atoms with Crippen LogP contribution in [0.3, 0.4) is 0 Å². The molecule has 1 aliphatic carbocycles. The molecule has 1 saturated carbocycles. The number of pyridine rings is 1. The lowest BCUT2D eigenvalue weighted by molar-refractivity contribution is 0.0721. The van der Waals surface area contributed by atoms with Crippen molar-refractivity contribution in [2.24, 2.45) is 4.99 Å². The van der Waals surface area contributed by atoms with Crippen molar-refractivity contribution in [1.82, 2.24) is 4.57 Å². The molecule has 0 amide bonds. The second-order valence-corrected chi connectivity index (χ2v) is 6.76. The summed E-state index contributed by atoms with van der Waals surface area (Å²) in [5.41, 5.74) is 1.89. The highest BCUT2D eigenvalue weighted by Crippen LogP contribution is 2.19. The minimum atomic E-state index is -0.574. The van der Waals surface area contributed by atoms with Crippen LogP contribution in [-0.4, -0.2) is 22.6 Å². The third-order valence-corrected chi connectivity index (χ3v) is 4.65. The van der Waals surface area contributed by atoms with Gasteiger partial charge in [-0.3, -0.25) is 14.4 Å². The molecule has 1 unspecified atom stereocenters. The van der Waals surface area contributed by atoms with Crippen LogP contribution in [0.25, 0.3) is 0 Å². The summed E-state index contributed by atoms with van der Waals surface area (Å²) in [6.45, 7) is 3.81. The summed E-state index contributed by atoms with van der Waals surface area (Å²) in [4.78, 5) is 17.7. The van der Waals surface area contributed by atoms with E-state index in [-0.39, 0.29) is 5.91 Å². The third kappa shape index (κ3) is 4.59. The van der Waals surface area contributed by atoms with Gasteiger partial charge in [-0.25, -0.2) is 0 Å². The number of hydrogen-bond donors (Lipinski definition) is 0. The van der Waals surface area contributed by atoms with Crippen LogP contribution >= 0.6 is 0 Å². The van der Waals surface area contributed by atoms with Crippen LogP contribution in [0.5, 0.6) is 5.75 Å². The van der Waals surface area contributed by atoms with Crippen LogP contribution in [0, 0.1) is 6.92 Å². The van der Waals surface area contributed by atoms with Crippen molar-refractivity contribution in [2.75, 3.05) is 0 Å². The van der Waals surface area contributed by atoms with Gasteiger partial charge in [0.2, 0.25) is 0 Å². The van der Waals surface area contributed by atoms with E-state index in [0.717, 1.165) is 23.9 Å². The molecule has 1 aromatic carbocycles. The molecule has 25 heavy (non-hydrogen) atoms. The SMILES string of the molecule is Cc1ccc(OC(C)C(=O)n2ccccc2=NC2CCCCC2)cc1. The molecular formula is C21H26N2O2. The Morgan fingerprint density at radius 1 is 1.12 bits per heavy atom. The van der Waals surface area contributed by atoms with Crippen LogP contribution in [0.4, 0.5) is 0 Å². The van der Waals surface area contributed by atoms with E-state index in [4.69, 9.17) is 9.73 Å². The topological polar surface area (TPSA) is 43.6 Å². The van der Waals surface area contributed by atoms with Crippen LogP contribution in [0.2, 0.25) is 0 Å². The van der Waals surface area contributed by atoms with Gasteiger partial charge in [-0.15, -0.1) is 0 Å². The monoisotopic (exact) mass is 338 g/mol. The Morgan fingerprint density at radius 2 is 1.84 bits per heavy atom. The molecule has 1 aromatic heterocycles. The zero-order chi connectivity index (χ0) is 17.6. The lowest BCUT2D eigenvalue weighted by Crippen LogP contribution is -2.37. The maximum atomic E-state index is 12.9. The second-order valence-electron chi connectivity index (χ2n) is 6.76. The highest BCUT2D eigenvalue weighted by molar-refractivity contribution is 5.83. The highest BCUT2D eigenvalue weighted by Gasteiger charge is 2.18. The number of hydrogen-bond acceptors (Lipinski definition) is 3. The zero-order valence-electron chi connectivity index (χ0n) is 15.0. The fraction of sp³-hybridized carbons (Fsp3) is 0.429. The molecule has 0 aliphatic heterocycles. The van der Waals surface area contributed by atoms with E-state index in [9.17, 15) is 4.79 Å². The summed E-state index contributed by atoms with van der Waals surface area (Å²) in [6, 6.07) is 13.8. The molecule has 1 heterocycles. The number of aryl methyl sites for hydroxylation is 1. The standard InChI is InChI=1S/C21H26N2O2/c1-16-11-13-19(14-12-16)25-17(2)21(24)23-15-7-6-10-20(23)22-18-8-4-3-5-9-18/h6-7,10-15,17-18H,3-5,8-9H2,1-2H3. The molecule has 0 bridgehead atoms. The lowest BCUT2D eigenvalue weighted by Gasteiger charge is -2.19. The van der Waals surface area contributed by atoms with Gasteiger partial charge in [0, 0.05) is 6.20 Å². The molecule has 1 aliphatic rings. The maximum absolute atomic E-state index is 12.9. The number of ether oxygens (including phenoxy) is 1. The van der Waals surface area contributed by atoms with Gasteiger partial charge >= 0.3 is 0 Å². The normalized spacial score (nSPS) is 17.3. The maximum Gasteiger partial charge on any atom is 0.272 e. The predicted octanol–water partition coefficient (Wildman–Crippen LogP) is 4.14. The molecule has 3 rings (SSSR count). The van der Waals surface area contributed by atoms with Crippen molar-refractivity contribution in [1.29, 1.82) is 0 Å². The molecule has 0 radical (unpaired) electrons. The predicted molar refractivity (Wildman–Crippen MR) is 98.8 cm³/mol. The van der Waals surface area contributed by atoms with Crippen LogP contribution in [-0.2, 0) is 0 Å². The molecule has 1 atom stereocenters. The van der Waals surface area contributed by atoms with E-state index >= 15 is 0 Å². The van der Waals surface area contributed by atoms with E-state index in [1.165, 1.54) is 19.3 Å². The van der Waals surface area contributed by atoms with E-state index in [1.807, 2.05) is 49.4 Å². The smallest absolute Gasteiger partial charge is 0.272 e. The number of benzene rings is 1. The molecule has 4 nitrogen and oxygen atoms in total. The fourth-order valence-corrected chi connectivity index (χ4v) is 3.19. The second kappa shape index (κ2) is 8.15. The number of carbonyl (C=O) groups is 1. The van der Waals surface area contributed by atoms with Gasteiger partial charge < -0.3 is 4.74 Å². The van der Waals surface area contributed by atoms with Gasteiger partial charge in [0.1, 0.15) is 11.2 Å². The molecule has 2 aromatic rings. The largest absolute Gasteiger partial charge is 0.481 e. The minimum absolute atomic E-state index is 0.101. The van der Waals surface area contributed by atoms with Crippen LogP contribution in [0.15, 0.2) is 53.7 Å². The summed E-state index contributed by atoms with van der Waals surface area (Å²) in [6.07, 6.45) is 7.16. The Kier molecular flexibility index (Phi) is 5.69. The van der Waals surface area contributed by atoms with Crippen LogP contribution < -0.4 is 10.2 Å². The zero-order valence-corrected chi connectivity index (χ0v) is 15.0. The summed E-state index contributed by atoms with van der Waals surface area (Å²) in [5.74, 6) is 0.601. The lowest BCUT2D eigenvalue weighted by atomic mass is 9.96. The average Bonchev–Trinajstić information content (AvgIpc) is 2.64. The first-order valence-corrected chi connectivity index (χ1v) is 9.12. The van der Waals surface area contributed by atoms with Gasteiger partial charge in [0.05, 0.1) is 6.04 Å². The van der Waals surface area contributed by atoms with Gasteiger partial charge in [-0.1, -0.05) is 43.0 Å². The van der Waals surface area contributed by atoms with Crippen molar-refractivity contribution in [3.8, 4) is 5.75 Å². The van der Waals surface area contributed by atoms with Gasteiger partial charge in [-0.2, -0.15) is 0 Å². The van der Waals surface area contributed by atoms with Gasteiger partial charge in [-0.05, 0) is 51.0 Å². The first kappa shape index (κ1) is 17.5. The van der Waals surface area contributed by atoms with Crippen LogP contribution in [0.1, 0.15) is 49.4 Å². The minimum Gasteiger partial charge on any atom is -0.481 e. The summed E-state index contributed by atoms with van der Waals surface area (Å²) < 4.78 is 7.44. The Morgan fingerprint density at radius 3 is 2.56 bits per heavy atom. The molecule has 0 N–H and O–H groups in total. The molecule has 132 valence electrons. The fourth-order valence-electron chi connectivity index (χ4n) is 3.19. The number of carbonyl (C=O) groups excluding carboxylic acids is 1. The quantitative estimate of drug-likeness (QED) is 0.841. The van der Waals surface area contributed by atoms with Gasteiger partial charge in [0.15, 0.2) is 6.10 Å². The van der Waals surface area contributed by atoms with Gasteiger partial charge in [0.25, 0.3) is 5.91 Å². The molecule has 4 heteroatoms. The van der Waals surface area contributed by atoms with E-state index in [1.54, 1.807) is 17.7 Å². The molecule has 0 spiro atoms. The van der Waals surface area contributed by atoms with E-state index < -0.39 is 6.10 Å². The van der Waals surface area contributed by atoms with Crippen molar-refractivity contribution in [3.63, 3.8) is 0 Å². The Hall–Kier alpha value is -2.36. The third-order valence-electron chi connectivity index (χ3n) is 4.65. The molecular weight excluding hydrogens is 312 g/mol. The summed E-state index contributed by atoms with van der Waals surface area (Å²) in [5, 5.41) is 0. The van der Waals surface area contributed by atoms with Crippen molar-refractivity contribution in [3.05, 3.63) is 59.7 Å². The Bertz CT molecular complexity index is 771. The van der Waals surface area contributed by atoms with Crippen molar-refractivity contribution >= 4 is 5.91 Å². The first-order chi connectivity index (χ1) is 12.1. The Labute approximate surface area is 149 Å². The van der Waals surface area contributed by atoms with Crippen molar-refractivity contribution < 1.29 is 9.53 Å². The number of aromatic nitrogens is 1. The average molecular weight is 338 g/mol. The summed E-state index contributed by atoms with van der Waals surface area (Å²) >= 11 is 0. The highest BCUT2D eigenvalue weighted by atomic mass is 16.5. The van der Waals surface area contributed by atoms with E-state index in [2.05, 4.69) is 0 Å². The molecule has 1 fully saturated rings. The summed E-state index contributed by atoms with van der Waals surface area (Å²) in [7, 11) is 0. The Balaban J connectivity index is 1.79.